The summed E-state index contributed by atoms with van der Waals surface area (Å²) >= 11 is 0. The van der Waals surface area contributed by atoms with Crippen molar-refractivity contribution >= 4 is 18.2 Å². The second-order valence-corrected chi connectivity index (χ2v) is 7.27. The first-order valence-corrected chi connectivity index (χ1v) is 11.1. The van der Waals surface area contributed by atoms with Crippen LogP contribution in [0.15, 0.2) is 129 Å². The van der Waals surface area contributed by atoms with Crippen LogP contribution in [0.1, 0.15) is 27.8 Å². The van der Waals surface area contributed by atoms with Gasteiger partial charge in [-0.05, 0) is 39.9 Å². The Morgan fingerprint density at radius 2 is 0.971 bits per heavy atom. The molecule has 1 N–H and O–H groups in total. The average molecular weight is 449 g/mol. The summed E-state index contributed by atoms with van der Waals surface area (Å²) in [6.07, 6.45) is 5.49. The fraction of sp³-hybridized carbons (Fsp3) is 0.0625. The molecule has 0 saturated heterocycles. The van der Waals surface area contributed by atoms with Crippen LogP contribution in [-0.2, 0) is 13.2 Å². The van der Waals surface area contributed by atoms with Crippen LogP contribution in [0.4, 0.5) is 0 Å². The van der Waals surface area contributed by atoms with Crippen LogP contribution in [0.5, 0.6) is 5.75 Å². The van der Waals surface area contributed by atoms with E-state index in [1.165, 1.54) is 5.56 Å². The highest BCUT2D eigenvalue weighted by atomic mass is 16.5. The molecule has 4 aromatic carbocycles. The lowest BCUT2D eigenvalue weighted by molar-refractivity contribution is 0.280. The third kappa shape index (κ3) is 9.99. The summed E-state index contributed by atoms with van der Waals surface area (Å²) in [5.74, 6) is 0.820. The Bertz CT molecular complexity index is 1070. The second kappa shape index (κ2) is 15.6. The number of rotatable bonds is 7. The second-order valence-electron chi connectivity index (χ2n) is 7.27. The Hall–Kier alpha value is -4.14. The Balaban J connectivity index is 0.000000195. The first kappa shape index (κ1) is 26.1. The first-order valence-electron chi connectivity index (χ1n) is 11.1. The zero-order chi connectivity index (χ0) is 24.4. The number of aliphatic hydroxyl groups excluding tert-OH is 1. The molecule has 2 nitrogen and oxygen atoms in total. The minimum absolute atomic E-state index is 0.0684. The third-order valence-electron chi connectivity index (χ3n) is 4.80. The van der Waals surface area contributed by atoms with E-state index in [1.807, 2.05) is 127 Å². The van der Waals surface area contributed by atoms with E-state index in [0.29, 0.717) is 6.61 Å². The smallest absolute Gasteiger partial charge is 0.119 e. The van der Waals surface area contributed by atoms with Gasteiger partial charge in [0.1, 0.15) is 12.4 Å². The van der Waals surface area contributed by atoms with Crippen LogP contribution < -0.4 is 4.74 Å². The summed E-state index contributed by atoms with van der Waals surface area (Å²) in [6, 6.07) is 35.6. The molecule has 0 amide bonds. The van der Waals surface area contributed by atoms with E-state index in [4.69, 9.17) is 9.84 Å². The van der Waals surface area contributed by atoms with Gasteiger partial charge in [-0.15, -0.1) is 0 Å². The largest absolute Gasteiger partial charge is 0.489 e. The van der Waals surface area contributed by atoms with Gasteiger partial charge in [0.25, 0.3) is 0 Å². The monoisotopic (exact) mass is 448 g/mol. The molecule has 0 aliphatic rings. The molecule has 0 spiro atoms. The van der Waals surface area contributed by atoms with Gasteiger partial charge in [0.05, 0.1) is 6.61 Å². The lowest BCUT2D eigenvalue weighted by atomic mass is 10.1. The molecular formula is C32H32O2. The maximum atomic E-state index is 8.90. The maximum Gasteiger partial charge on any atom is 0.119 e. The molecule has 0 aromatic heterocycles. The quantitative estimate of drug-likeness (QED) is 0.310. The topological polar surface area (TPSA) is 29.5 Å². The molecule has 0 bridgehead atoms. The van der Waals surface area contributed by atoms with E-state index < -0.39 is 0 Å². The molecule has 34 heavy (non-hydrogen) atoms. The van der Waals surface area contributed by atoms with Crippen LogP contribution >= 0.6 is 0 Å². The number of aliphatic hydroxyl groups is 1. The van der Waals surface area contributed by atoms with Crippen molar-refractivity contribution in [1.82, 2.24) is 0 Å². The highest BCUT2D eigenvalue weighted by Crippen LogP contribution is 2.14. The number of hydrogen-bond donors (Lipinski definition) is 1. The molecule has 0 unspecified atom stereocenters. The zero-order valence-electron chi connectivity index (χ0n) is 19.5. The van der Waals surface area contributed by atoms with E-state index in [0.717, 1.165) is 28.0 Å². The van der Waals surface area contributed by atoms with Gasteiger partial charge in [-0.25, -0.2) is 0 Å². The van der Waals surface area contributed by atoms with Gasteiger partial charge in [-0.2, -0.15) is 0 Å². The van der Waals surface area contributed by atoms with Crippen LogP contribution in [0.2, 0.25) is 0 Å². The highest BCUT2D eigenvalue weighted by Gasteiger charge is 1.95. The Morgan fingerprint density at radius 1 is 0.529 bits per heavy atom. The van der Waals surface area contributed by atoms with Crippen molar-refractivity contribution in [3.63, 3.8) is 0 Å². The van der Waals surface area contributed by atoms with Gasteiger partial charge >= 0.3 is 0 Å². The first-order chi connectivity index (χ1) is 16.7. The summed E-state index contributed by atoms with van der Waals surface area (Å²) in [5.41, 5.74) is 5.50. The lowest BCUT2D eigenvalue weighted by Crippen LogP contribution is -1.95. The number of hydrogen-bond acceptors (Lipinski definition) is 2. The van der Waals surface area contributed by atoms with E-state index >= 15 is 0 Å². The molecule has 0 fully saturated rings. The molecule has 0 saturated carbocycles. The van der Waals surface area contributed by atoms with Crippen molar-refractivity contribution in [2.45, 2.75) is 13.2 Å². The summed E-state index contributed by atoms with van der Waals surface area (Å²) < 4.78 is 5.61. The van der Waals surface area contributed by atoms with Crippen molar-refractivity contribution in [3.05, 3.63) is 157 Å². The van der Waals surface area contributed by atoms with E-state index in [-0.39, 0.29) is 6.61 Å². The van der Waals surface area contributed by atoms with E-state index in [1.54, 1.807) is 0 Å². The molecule has 0 radical (unpaired) electrons. The molecule has 0 aliphatic carbocycles. The number of ether oxygens (including phenoxy) is 1. The lowest BCUT2D eigenvalue weighted by Gasteiger charge is -2.06. The molecule has 0 heterocycles. The van der Waals surface area contributed by atoms with Crippen molar-refractivity contribution in [2.24, 2.45) is 0 Å². The fourth-order valence-electron chi connectivity index (χ4n) is 2.79. The summed E-state index contributed by atoms with van der Waals surface area (Å²) in [5, 5.41) is 8.90. The van der Waals surface area contributed by atoms with Crippen LogP contribution in [0, 0.1) is 0 Å². The van der Waals surface area contributed by atoms with Gasteiger partial charge in [0.2, 0.25) is 0 Å². The van der Waals surface area contributed by atoms with Gasteiger partial charge < -0.3 is 9.84 Å². The van der Waals surface area contributed by atoms with Crippen LogP contribution in [-0.4, -0.2) is 5.11 Å². The molecule has 172 valence electrons. The van der Waals surface area contributed by atoms with Gasteiger partial charge in [-0.1, -0.05) is 135 Å². The summed E-state index contributed by atoms with van der Waals surface area (Å²) in [4.78, 5) is 0. The van der Waals surface area contributed by atoms with Crippen molar-refractivity contribution < 1.29 is 9.84 Å². The van der Waals surface area contributed by atoms with Crippen molar-refractivity contribution in [3.8, 4) is 5.75 Å². The number of benzene rings is 4. The molecule has 0 atom stereocenters. The SMILES string of the molecule is C=Cc1ccc(C=C)cc1.C=Cc1ccccc1.OCc1ccc(OCc2ccccc2)cc1. The van der Waals surface area contributed by atoms with Crippen molar-refractivity contribution in [1.29, 1.82) is 0 Å². The predicted octanol–water partition coefficient (Wildman–Crippen LogP) is 8.06. The fourth-order valence-corrected chi connectivity index (χ4v) is 2.79. The molecule has 0 aliphatic heterocycles. The van der Waals surface area contributed by atoms with Crippen molar-refractivity contribution in [2.75, 3.05) is 0 Å². The third-order valence-corrected chi connectivity index (χ3v) is 4.80. The van der Waals surface area contributed by atoms with Gasteiger partial charge in [0.15, 0.2) is 0 Å². The standard InChI is InChI=1S/C14H14O2.C10H10.C8H8/c15-10-12-6-8-14(9-7-12)16-11-13-4-2-1-3-5-13;1-3-9-5-7-10(4-2)8-6-9;1-2-8-6-4-3-5-7-8/h1-9,15H,10-11H2;3-8H,1-2H2;2-7H,1H2. The molecule has 4 aromatic rings. The minimum atomic E-state index is 0.0684. The normalized spacial score (nSPS) is 9.32. The van der Waals surface area contributed by atoms with E-state index in [9.17, 15) is 0 Å². The maximum absolute atomic E-state index is 8.90. The average Bonchev–Trinajstić information content (AvgIpc) is 2.94. The van der Waals surface area contributed by atoms with Gasteiger partial charge in [0, 0.05) is 0 Å². The van der Waals surface area contributed by atoms with Crippen LogP contribution in [0.3, 0.4) is 0 Å². The Labute approximate surface area is 203 Å². The zero-order valence-corrected chi connectivity index (χ0v) is 19.5. The van der Waals surface area contributed by atoms with Crippen LogP contribution in [0.25, 0.3) is 18.2 Å². The Morgan fingerprint density at radius 3 is 1.38 bits per heavy atom. The minimum Gasteiger partial charge on any atom is -0.489 e. The van der Waals surface area contributed by atoms with Gasteiger partial charge in [-0.3, -0.25) is 0 Å². The highest BCUT2D eigenvalue weighted by molar-refractivity contribution is 5.53. The summed E-state index contributed by atoms with van der Waals surface area (Å²) in [6.45, 7) is 11.6. The molecule has 4 rings (SSSR count). The summed E-state index contributed by atoms with van der Waals surface area (Å²) in [7, 11) is 0. The van der Waals surface area contributed by atoms with E-state index in [2.05, 4.69) is 19.7 Å². The predicted molar refractivity (Wildman–Crippen MR) is 146 cm³/mol. The Kier molecular flexibility index (Phi) is 12.0. The molecular weight excluding hydrogens is 416 g/mol. The molecule has 2 heteroatoms.